The van der Waals surface area contributed by atoms with Crippen molar-refractivity contribution in [1.82, 2.24) is 10.6 Å². The molecule has 0 unspecified atom stereocenters. The van der Waals surface area contributed by atoms with E-state index in [1.165, 1.54) is 0 Å². The molecule has 2 fully saturated rings. The topological polar surface area (TPSA) is 70.6 Å². The van der Waals surface area contributed by atoms with E-state index in [0.717, 1.165) is 36.0 Å². The first kappa shape index (κ1) is 17.0. The van der Waals surface area contributed by atoms with Crippen molar-refractivity contribution < 1.29 is 14.6 Å². The molecule has 0 bridgehead atoms. The predicted octanol–water partition coefficient (Wildman–Crippen LogP) is 2.29. The lowest BCUT2D eigenvalue weighted by Crippen LogP contribution is -2.65. The fourth-order valence-corrected chi connectivity index (χ4v) is 5.03. The monoisotopic (exact) mass is 360 g/mol. The number of carbonyl (C=O) groups is 1. The van der Waals surface area contributed by atoms with Crippen LogP contribution in [0.5, 0.6) is 0 Å². The van der Waals surface area contributed by atoms with Gasteiger partial charge in [0.15, 0.2) is 0 Å². The zero-order valence-corrected chi connectivity index (χ0v) is 15.2. The minimum Gasteiger partial charge on any atom is -0.388 e. The molecular formula is C19H24N2O3S. The molecule has 2 aromatic rings. The van der Waals surface area contributed by atoms with Crippen LogP contribution in [0.15, 0.2) is 29.6 Å². The van der Waals surface area contributed by atoms with Gasteiger partial charge in [-0.2, -0.15) is 0 Å². The number of thiophene rings is 1. The highest BCUT2D eigenvalue weighted by molar-refractivity contribution is 7.17. The maximum atomic E-state index is 12.9. The molecule has 5 nitrogen and oxygen atoms in total. The average Bonchev–Trinajstić information content (AvgIpc) is 3.03. The summed E-state index contributed by atoms with van der Waals surface area (Å²) in [5.41, 5.74) is -0.251. The fourth-order valence-electron chi connectivity index (χ4n) is 4.09. The SMILES string of the molecule is C[C@]1(NC(=O)c2csc3ccccc23)CC2(CCNCC2)OC[C@@H]1O. The van der Waals surface area contributed by atoms with Crippen molar-refractivity contribution in [3.63, 3.8) is 0 Å². The van der Waals surface area contributed by atoms with Gasteiger partial charge in [-0.15, -0.1) is 11.3 Å². The van der Waals surface area contributed by atoms with Crippen LogP contribution in [0.4, 0.5) is 0 Å². The molecule has 134 valence electrons. The largest absolute Gasteiger partial charge is 0.388 e. The number of aliphatic hydroxyl groups is 1. The zero-order chi connectivity index (χ0) is 17.5. The first-order valence-electron chi connectivity index (χ1n) is 8.83. The summed E-state index contributed by atoms with van der Waals surface area (Å²) in [5, 5.41) is 19.9. The molecule has 0 radical (unpaired) electrons. The maximum absolute atomic E-state index is 12.9. The highest BCUT2D eigenvalue weighted by Crippen LogP contribution is 2.38. The molecule has 0 aliphatic carbocycles. The van der Waals surface area contributed by atoms with Gasteiger partial charge in [-0.1, -0.05) is 18.2 Å². The van der Waals surface area contributed by atoms with Gasteiger partial charge in [0.25, 0.3) is 5.91 Å². The summed E-state index contributed by atoms with van der Waals surface area (Å²) in [4.78, 5) is 12.9. The van der Waals surface area contributed by atoms with Crippen molar-refractivity contribution in [1.29, 1.82) is 0 Å². The number of rotatable bonds is 2. The molecule has 1 spiro atoms. The van der Waals surface area contributed by atoms with Crippen molar-refractivity contribution in [2.45, 2.75) is 43.4 Å². The number of nitrogens with one attached hydrogen (secondary N) is 2. The van der Waals surface area contributed by atoms with E-state index in [9.17, 15) is 9.90 Å². The van der Waals surface area contributed by atoms with Gasteiger partial charge in [-0.05, 0) is 38.9 Å². The first-order valence-corrected chi connectivity index (χ1v) is 9.71. The normalized spacial score (nSPS) is 29.0. The third-order valence-corrected chi connectivity index (χ3v) is 6.58. The van der Waals surface area contributed by atoms with Crippen LogP contribution in [0, 0.1) is 0 Å². The molecule has 2 saturated heterocycles. The maximum Gasteiger partial charge on any atom is 0.253 e. The Morgan fingerprint density at radius 1 is 1.36 bits per heavy atom. The second kappa shape index (κ2) is 6.36. The zero-order valence-electron chi connectivity index (χ0n) is 14.4. The van der Waals surface area contributed by atoms with Gasteiger partial charge < -0.3 is 20.5 Å². The molecule has 0 saturated carbocycles. The molecule has 2 aliphatic rings. The summed E-state index contributed by atoms with van der Waals surface area (Å²) in [6.45, 7) is 4.03. The lowest BCUT2D eigenvalue weighted by atomic mass is 9.75. The van der Waals surface area contributed by atoms with E-state index in [-0.39, 0.29) is 18.1 Å². The van der Waals surface area contributed by atoms with Gasteiger partial charge >= 0.3 is 0 Å². The molecule has 1 aromatic carbocycles. The van der Waals surface area contributed by atoms with Crippen molar-refractivity contribution in [2.24, 2.45) is 0 Å². The van der Waals surface area contributed by atoms with Crippen LogP contribution < -0.4 is 10.6 Å². The van der Waals surface area contributed by atoms with Crippen LogP contribution in [-0.2, 0) is 4.74 Å². The molecule has 2 atom stereocenters. The highest BCUT2D eigenvalue weighted by Gasteiger charge is 2.49. The number of carbonyl (C=O) groups excluding carboxylic acids is 1. The van der Waals surface area contributed by atoms with E-state index in [4.69, 9.17) is 4.74 Å². The van der Waals surface area contributed by atoms with Crippen LogP contribution >= 0.6 is 11.3 Å². The number of ether oxygens (including phenoxy) is 1. The third kappa shape index (κ3) is 3.08. The first-order chi connectivity index (χ1) is 12.0. The second-order valence-corrected chi connectivity index (χ2v) is 8.36. The number of amides is 1. The number of piperidine rings is 1. The predicted molar refractivity (Wildman–Crippen MR) is 99.1 cm³/mol. The van der Waals surface area contributed by atoms with Gasteiger partial charge in [0.05, 0.1) is 23.3 Å². The van der Waals surface area contributed by atoms with Gasteiger partial charge in [-0.25, -0.2) is 0 Å². The third-order valence-electron chi connectivity index (χ3n) is 5.61. The summed E-state index contributed by atoms with van der Waals surface area (Å²) >= 11 is 1.57. The van der Waals surface area contributed by atoms with Gasteiger partial charge in [0.2, 0.25) is 0 Å². The number of hydrogen-bond donors (Lipinski definition) is 3. The number of fused-ring (bicyclic) bond motifs is 1. The van der Waals surface area contributed by atoms with Gasteiger partial charge in [0, 0.05) is 21.9 Å². The summed E-state index contributed by atoms with van der Waals surface area (Å²) < 4.78 is 7.11. The minimum atomic E-state index is -0.707. The molecule has 1 aromatic heterocycles. The van der Waals surface area contributed by atoms with Crippen LogP contribution in [0.2, 0.25) is 0 Å². The van der Waals surface area contributed by atoms with Crippen LogP contribution in [0.25, 0.3) is 10.1 Å². The van der Waals surface area contributed by atoms with E-state index in [0.29, 0.717) is 12.0 Å². The second-order valence-electron chi connectivity index (χ2n) is 7.45. The molecule has 6 heteroatoms. The quantitative estimate of drug-likeness (QED) is 0.769. The van der Waals surface area contributed by atoms with E-state index in [2.05, 4.69) is 10.6 Å². The lowest BCUT2D eigenvalue weighted by molar-refractivity contribution is -0.169. The highest BCUT2D eigenvalue weighted by atomic mass is 32.1. The van der Waals surface area contributed by atoms with Crippen LogP contribution in [-0.4, -0.2) is 48.0 Å². The van der Waals surface area contributed by atoms with Gasteiger partial charge in [0.1, 0.15) is 6.10 Å². The Labute approximate surface area is 151 Å². The Balaban J connectivity index is 1.58. The minimum absolute atomic E-state index is 0.120. The van der Waals surface area contributed by atoms with Crippen LogP contribution in [0.3, 0.4) is 0 Å². The van der Waals surface area contributed by atoms with Crippen molar-refractivity contribution in [3.05, 3.63) is 35.2 Å². The van der Waals surface area contributed by atoms with Crippen LogP contribution in [0.1, 0.15) is 36.5 Å². The summed E-state index contributed by atoms with van der Waals surface area (Å²) in [5.74, 6) is -0.120. The molecule has 2 aliphatic heterocycles. The Hall–Kier alpha value is -1.47. The summed E-state index contributed by atoms with van der Waals surface area (Å²) in [6.07, 6.45) is 1.75. The van der Waals surface area contributed by atoms with Crippen molar-refractivity contribution in [2.75, 3.05) is 19.7 Å². The molecule has 1 amide bonds. The van der Waals surface area contributed by atoms with Crippen molar-refractivity contribution in [3.8, 4) is 0 Å². The Kier molecular flexibility index (Phi) is 4.32. The Bertz CT molecular complexity index is 784. The Morgan fingerprint density at radius 3 is 2.92 bits per heavy atom. The van der Waals surface area contributed by atoms with E-state index >= 15 is 0 Å². The Morgan fingerprint density at radius 2 is 2.12 bits per heavy atom. The van der Waals surface area contributed by atoms with E-state index < -0.39 is 11.6 Å². The molecule has 3 N–H and O–H groups in total. The summed E-state index contributed by atoms with van der Waals surface area (Å²) in [7, 11) is 0. The lowest BCUT2D eigenvalue weighted by Gasteiger charge is -2.50. The molecule has 25 heavy (non-hydrogen) atoms. The molecular weight excluding hydrogens is 336 g/mol. The standard InChI is InChI=1S/C19H24N2O3S/c1-18(12-19(24-10-16(18)22)6-8-20-9-7-19)21-17(23)14-11-25-15-5-3-2-4-13(14)15/h2-5,11,16,20,22H,6-10,12H2,1H3,(H,21,23)/t16-,18-/m0/s1. The van der Waals surface area contributed by atoms with E-state index in [1.807, 2.05) is 36.6 Å². The van der Waals surface area contributed by atoms with E-state index in [1.54, 1.807) is 11.3 Å². The average molecular weight is 360 g/mol. The number of hydrogen-bond acceptors (Lipinski definition) is 5. The smallest absolute Gasteiger partial charge is 0.253 e. The number of benzene rings is 1. The van der Waals surface area contributed by atoms with Gasteiger partial charge in [-0.3, -0.25) is 4.79 Å². The fraction of sp³-hybridized carbons (Fsp3) is 0.526. The number of aliphatic hydroxyl groups excluding tert-OH is 1. The molecule has 3 heterocycles. The molecule has 4 rings (SSSR count). The van der Waals surface area contributed by atoms with Crippen molar-refractivity contribution >= 4 is 27.3 Å². The summed E-state index contributed by atoms with van der Waals surface area (Å²) in [6, 6.07) is 7.91.